The third-order valence-corrected chi connectivity index (χ3v) is 4.18. The van der Waals surface area contributed by atoms with Crippen LogP contribution in [0.15, 0.2) is 24.5 Å². The van der Waals surface area contributed by atoms with Crippen molar-refractivity contribution < 1.29 is 4.74 Å². The number of nitrogens with two attached hydrogens (primary N) is 1. The average Bonchev–Trinajstić information content (AvgIpc) is 2.50. The number of rotatable bonds is 6. The molecule has 2 atom stereocenters. The van der Waals surface area contributed by atoms with Crippen molar-refractivity contribution in [2.24, 2.45) is 5.73 Å². The summed E-state index contributed by atoms with van der Waals surface area (Å²) >= 11 is 0. The van der Waals surface area contributed by atoms with Gasteiger partial charge in [0, 0.05) is 38.1 Å². The smallest absolute Gasteiger partial charge is 0.0599 e. The standard InChI is InChI=1S/C16H27N3O/c1-3-15(17)16(13-6-5-9-18-12-13)19-10-7-14(8-11-19)20-4-2/h5-6,9,12,14-16H,3-4,7-8,10-11,17H2,1-2H3. The van der Waals surface area contributed by atoms with Crippen LogP contribution in [0.4, 0.5) is 0 Å². The largest absolute Gasteiger partial charge is 0.378 e. The Labute approximate surface area is 122 Å². The molecule has 2 heterocycles. The van der Waals surface area contributed by atoms with E-state index in [2.05, 4.69) is 29.8 Å². The Balaban J connectivity index is 2.05. The Morgan fingerprint density at radius 1 is 1.40 bits per heavy atom. The molecule has 2 N–H and O–H groups in total. The molecule has 20 heavy (non-hydrogen) atoms. The van der Waals surface area contributed by atoms with Gasteiger partial charge in [0.1, 0.15) is 0 Å². The van der Waals surface area contributed by atoms with Crippen LogP contribution >= 0.6 is 0 Å². The average molecular weight is 277 g/mol. The molecule has 0 saturated carbocycles. The quantitative estimate of drug-likeness (QED) is 0.867. The van der Waals surface area contributed by atoms with E-state index in [-0.39, 0.29) is 12.1 Å². The summed E-state index contributed by atoms with van der Waals surface area (Å²) in [5, 5.41) is 0. The molecular formula is C16H27N3O. The molecule has 4 nitrogen and oxygen atoms in total. The molecule has 2 rings (SSSR count). The lowest BCUT2D eigenvalue weighted by molar-refractivity contribution is 0.000308. The molecule has 2 unspecified atom stereocenters. The molecule has 0 spiro atoms. The number of hydrogen-bond donors (Lipinski definition) is 1. The van der Waals surface area contributed by atoms with Gasteiger partial charge < -0.3 is 10.5 Å². The molecule has 1 aliphatic rings. The third-order valence-electron chi connectivity index (χ3n) is 4.18. The topological polar surface area (TPSA) is 51.4 Å². The van der Waals surface area contributed by atoms with Gasteiger partial charge in [-0.1, -0.05) is 13.0 Å². The number of pyridine rings is 1. The van der Waals surface area contributed by atoms with Crippen LogP contribution in [0, 0.1) is 0 Å². The molecule has 1 aromatic rings. The van der Waals surface area contributed by atoms with E-state index in [1.165, 1.54) is 5.56 Å². The minimum Gasteiger partial charge on any atom is -0.378 e. The Hall–Kier alpha value is -0.970. The van der Waals surface area contributed by atoms with Gasteiger partial charge in [-0.25, -0.2) is 0 Å². The second kappa shape index (κ2) is 7.72. The zero-order chi connectivity index (χ0) is 14.4. The number of piperidine rings is 1. The minimum absolute atomic E-state index is 0.155. The SMILES string of the molecule is CCOC1CCN(C(c2cccnc2)C(N)CC)CC1. The third kappa shape index (κ3) is 3.78. The van der Waals surface area contributed by atoms with Crippen molar-refractivity contribution >= 4 is 0 Å². The molecule has 1 aliphatic heterocycles. The van der Waals surface area contributed by atoms with E-state index in [0.29, 0.717) is 6.10 Å². The number of likely N-dealkylation sites (tertiary alicyclic amines) is 1. The van der Waals surface area contributed by atoms with Crippen LogP contribution in [0.25, 0.3) is 0 Å². The molecule has 1 saturated heterocycles. The van der Waals surface area contributed by atoms with E-state index >= 15 is 0 Å². The summed E-state index contributed by atoms with van der Waals surface area (Å²) < 4.78 is 5.73. The lowest BCUT2D eigenvalue weighted by Crippen LogP contribution is -2.46. The van der Waals surface area contributed by atoms with Crippen molar-refractivity contribution in [1.82, 2.24) is 9.88 Å². The second-order valence-corrected chi connectivity index (χ2v) is 5.49. The second-order valence-electron chi connectivity index (χ2n) is 5.49. The molecule has 4 heteroatoms. The maximum absolute atomic E-state index is 6.37. The van der Waals surface area contributed by atoms with Gasteiger partial charge in [0.25, 0.3) is 0 Å². The molecule has 1 aromatic heterocycles. The zero-order valence-electron chi connectivity index (χ0n) is 12.7. The minimum atomic E-state index is 0.155. The van der Waals surface area contributed by atoms with Gasteiger partial charge >= 0.3 is 0 Å². The summed E-state index contributed by atoms with van der Waals surface area (Å²) in [5.74, 6) is 0. The Morgan fingerprint density at radius 2 is 2.15 bits per heavy atom. The first-order chi connectivity index (χ1) is 9.76. The van der Waals surface area contributed by atoms with Crippen molar-refractivity contribution in [3.05, 3.63) is 30.1 Å². The van der Waals surface area contributed by atoms with E-state index in [9.17, 15) is 0 Å². The van der Waals surface area contributed by atoms with Crippen molar-refractivity contribution in [3.63, 3.8) is 0 Å². The fourth-order valence-corrected chi connectivity index (χ4v) is 3.06. The van der Waals surface area contributed by atoms with E-state index < -0.39 is 0 Å². The highest BCUT2D eigenvalue weighted by Crippen LogP contribution is 2.28. The summed E-state index contributed by atoms with van der Waals surface area (Å²) in [6, 6.07) is 4.57. The first-order valence-electron chi connectivity index (χ1n) is 7.77. The first-order valence-corrected chi connectivity index (χ1v) is 7.77. The molecule has 0 radical (unpaired) electrons. The molecule has 0 bridgehead atoms. The molecule has 112 valence electrons. The van der Waals surface area contributed by atoms with Crippen molar-refractivity contribution in [3.8, 4) is 0 Å². The summed E-state index contributed by atoms with van der Waals surface area (Å²) in [6.45, 7) is 7.14. The van der Waals surface area contributed by atoms with Crippen molar-refractivity contribution in [1.29, 1.82) is 0 Å². The highest BCUT2D eigenvalue weighted by atomic mass is 16.5. The van der Waals surface area contributed by atoms with Gasteiger partial charge in [-0.3, -0.25) is 9.88 Å². The lowest BCUT2D eigenvalue weighted by Gasteiger charge is -2.40. The van der Waals surface area contributed by atoms with Crippen LogP contribution in [0.3, 0.4) is 0 Å². The molecule has 0 aliphatic carbocycles. The predicted molar refractivity (Wildman–Crippen MR) is 81.5 cm³/mol. The van der Waals surface area contributed by atoms with Crippen LogP contribution < -0.4 is 5.73 Å². The van der Waals surface area contributed by atoms with Gasteiger partial charge in [-0.05, 0) is 37.8 Å². The highest BCUT2D eigenvalue weighted by molar-refractivity contribution is 5.16. The van der Waals surface area contributed by atoms with Gasteiger partial charge in [-0.15, -0.1) is 0 Å². The number of nitrogens with zero attached hydrogens (tertiary/aromatic N) is 2. The molecule has 0 aromatic carbocycles. The number of hydrogen-bond acceptors (Lipinski definition) is 4. The molecule has 1 fully saturated rings. The number of ether oxygens (including phenoxy) is 1. The van der Waals surface area contributed by atoms with Gasteiger partial charge in [0.05, 0.1) is 12.1 Å². The van der Waals surface area contributed by atoms with Crippen LogP contribution in [0.1, 0.15) is 44.7 Å². The Morgan fingerprint density at radius 3 is 2.70 bits per heavy atom. The molecular weight excluding hydrogens is 250 g/mol. The van der Waals surface area contributed by atoms with E-state index in [1.807, 2.05) is 18.5 Å². The highest BCUT2D eigenvalue weighted by Gasteiger charge is 2.29. The van der Waals surface area contributed by atoms with Crippen molar-refractivity contribution in [2.45, 2.75) is 51.3 Å². The van der Waals surface area contributed by atoms with Crippen LogP contribution in [-0.4, -0.2) is 41.7 Å². The fourth-order valence-electron chi connectivity index (χ4n) is 3.06. The number of aromatic nitrogens is 1. The van der Waals surface area contributed by atoms with E-state index in [0.717, 1.165) is 39.0 Å². The van der Waals surface area contributed by atoms with E-state index in [1.54, 1.807) is 0 Å². The normalized spacial score (nSPS) is 20.8. The van der Waals surface area contributed by atoms with Crippen LogP contribution in [0.5, 0.6) is 0 Å². The first kappa shape index (κ1) is 15.4. The van der Waals surface area contributed by atoms with Crippen LogP contribution in [-0.2, 0) is 4.74 Å². The predicted octanol–water partition coefficient (Wildman–Crippen LogP) is 2.36. The lowest BCUT2D eigenvalue weighted by atomic mass is 9.95. The van der Waals surface area contributed by atoms with Gasteiger partial charge in [0.15, 0.2) is 0 Å². The fraction of sp³-hybridized carbons (Fsp3) is 0.688. The summed E-state index contributed by atoms with van der Waals surface area (Å²) in [5.41, 5.74) is 7.61. The van der Waals surface area contributed by atoms with Crippen LogP contribution in [0.2, 0.25) is 0 Å². The summed E-state index contributed by atoms with van der Waals surface area (Å²) in [7, 11) is 0. The Kier molecular flexibility index (Phi) is 5.95. The maximum Gasteiger partial charge on any atom is 0.0599 e. The maximum atomic E-state index is 6.37. The summed E-state index contributed by atoms with van der Waals surface area (Å²) in [4.78, 5) is 6.76. The Bertz CT molecular complexity index is 377. The zero-order valence-corrected chi connectivity index (χ0v) is 12.7. The monoisotopic (exact) mass is 277 g/mol. The molecule has 0 amide bonds. The van der Waals surface area contributed by atoms with Gasteiger partial charge in [0.2, 0.25) is 0 Å². The summed E-state index contributed by atoms with van der Waals surface area (Å²) in [6.07, 6.45) is 7.37. The van der Waals surface area contributed by atoms with Gasteiger partial charge in [-0.2, -0.15) is 0 Å². The van der Waals surface area contributed by atoms with E-state index in [4.69, 9.17) is 10.5 Å². The van der Waals surface area contributed by atoms with Crippen molar-refractivity contribution in [2.75, 3.05) is 19.7 Å².